The van der Waals surface area contributed by atoms with Gasteiger partial charge in [-0.05, 0) is 36.5 Å². The summed E-state index contributed by atoms with van der Waals surface area (Å²) < 4.78 is 7.52. The third-order valence-electron chi connectivity index (χ3n) is 4.74. The van der Waals surface area contributed by atoms with Gasteiger partial charge in [-0.15, -0.1) is 0 Å². The fourth-order valence-corrected chi connectivity index (χ4v) is 3.31. The summed E-state index contributed by atoms with van der Waals surface area (Å²) in [5.74, 6) is 3.52. The predicted octanol–water partition coefficient (Wildman–Crippen LogP) is 3.42. The van der Waals surface area contributed by atoms with Crippen molar-refractivity contribution in [1.82, 2.24) is 9.78 Å². The van der Waals surface area contributed by atoms with Crippen LogP contribution >= 0.6 is 0 Å². The summed E-state index contributed by atoms with van der Waals surface area (Å²) >= 11 is 0. The molecular weight excluding hydrogens is 262 g/mol. The van der Waals surface area contributed by atoms with Gasteiger partial charge in [0, 0.05) is 18.5 Å². The lowest BCUT2D eigenvalue weighted by atomic mass is 10.0. The Morgan fingerprint density at radius 3 is 2.95 bits per heavy atom. The van der Waals surface area contributed by atoms with Gasteiger partial charge in [0.05, 0.1) is 18.8 Å². The first-order valence-corrected chi connectivity index (χ1v) is 7.73. The molecule has 110 valence electrons. The molecule has 21 heavy (non-hydrogen) atoms. The number of aromatic nitrogens is 2. The molecule has 0 spiro atoms. The second-order valence-corrected chi connectivity index (χ2v) is 6.23. The Hall–Kier alpha value is -1.97. The third-order valence-corrected chi connectivity index (χ3v) is 4.74. The predicted molar refractivity (Wildman–Crippen MR) is 83.0 cm³/mol. The number of hydrogen-bond donors (Lipinski definition) is 1. The first kappa shape index (κ1) is 12.7. The first-order valence-electron chi connectivity index (χ1n) is 7.73. The lowest BCUT2D eigenvalue weighted by molar-refractivity contribution is 0.411. The van der Waals surface area contributed by atoms with Crippen molar-refractivity contribution >= 4 is 5.82 Å². The van der Waals surface area contributed by atoms with E-state index in [2.05, 4.69) is 41.2 Å². The molecule has 4 nitrogen and oxygen atoms in total. The number of nitrogens with one attached hydrogen (secondary N) is 1. The maximum atomic E-state index is 5.36. The molecule has 1 aromatic carbocycles. The first-order chi connectivity index (χ1) is 10.3. The molecule has 3 unspecified atom stereocenters. The molecule has 1 aliphatic carbocycles. The average Bonchev–Trinajstić information content (AvgIpc) is 3.09. The number of nitrogens with zero attached hydrogens (tertiary/aromatic N) is 2. The van der Waals surface area contributed by atoms with Crippen LogP contribution in [-0.4, -0.2) is 23.4 Å². The molecule has 0 amide bonds. The molecular formula is C17H21N3O. The molecule has 1 fully saturated rings. The summed E-state index contributed by atoms with van der Waals surface area (Å²) in [6.07, 6.45) is 2.34. The molecule has 4 rings (SSSR count). The minimum Gasteiger partial charge on any atom is -0.497 e. The van der Waals surface area contributed by atoms with E-state index >= 15 is 0 Å². The van der Waals surface area contributed by atoms with Crippen LogP contribution in [0.3, 0.4) is 0 Å². The van der Waals surface area contributed by atoms with Crippen molar-refractivity contribution in [3.8, 4) is 5.75 Å². The normalized spacial score (nSPS) is 26.9. The molecule has 1 saturated carbocycles. The zero-order chi connectivity index (χ0) is 14.4. The quantitative estimate of drug-likeness (QED) is 0.938. The Morgan fingerprint density at radius 2 is 2.19 bits per heavy atom. The molecule has 0 bridgehead atoms. The van der Waals surface area contributed by atoms with Crippen molar-refractivity contribution in [3.05, 3.63) is 41.6 Å². The van der Waals surface area contributed by atoms with Gasteiger partial charge in [-0.3, -0.25) is 0 Å². The zero-order valence-corrected chi connectivity index (χ0v) is 12.5. The van der Waals surface area contributed by atoms with E-state index in [9.17, 15) is 0 Å². The van der Waals surface area contributed by atoms with Crippen molar-refractivity contribution in [2.45, 2.75) is 31.7 Å². The Morgan fingerprint density at radius 1 is 1.33 bits per heavy atom. The summed E-state index contributed by atoms with van der Waals surface area (Å²) in [7, 11) is 1.72. The number of fused-ring (bicyclic) bond motifs is 1. The largest absolute Gasteiger partial charge is 0.497 e. The molecule has 1 aromatic heterocycles. The van der Waals surface area contributed by atoms with Crippen molar-refractivity contribution in [2.24, 2.45) is 5.92 Å². The maximum absolute atomic E-state index is 5.36. The zero-order valence-electron chi connectivity index (χ0n) is 12.5. The van der Waals surface area contributed by atoms with Gasteiger partial charge >= 0.3 is 0 Å². The van der Waals surface area contributed by atoms with Gasteiger partial charge in [0.25, 0.3) is 0 Å². The van der Waals surface area contributed by atoms with Crippen LogP contribution < -0.4 is 10.1 Å². The topological polar surface area (TPSA) is 39.1 Å². The van der Waals surface area contributed by atoms with Gasteiger partial charge in [-0.2, -0.15) is 5.10 Å². The lowest BCUT2D eigenvalue weighted by Gasteiger charge is -2.26. The van der Waals surface area contributed by atoms with Crippen LogP contribution in [0, 0.1) is 5.92 Å². The van der Waals surface area contributed by atoms with Gasteiger partial charge in [0.15, 0.2) is 0 Å². The van der Waals surface area contributed by atoms with Gasteiger partial charge in [-0.1, -0.05) is 19.1 Å². The number of benzene rings is 1. The van der Waals surface area contributed by atoms with Gasteiger partial charge in [-0.25, -0.2) is 4.68 Å². The van der Waals surface area contributed by atoms with E-state index in [1.54, 1.807) is 7.11 Å². The van der Waals surface area contributed by atoms with Crippen LogP contribution in [0.5, 0.6) is 5.75 Å². The Kier molecular flexibility index (Phi) is 2.91. The number of methoxy groups -OCH3 is 1. The average molecular weight is 283 g/mol. The van der Waals surface area contributed by atoms with Gasteiger partial charge < -0.3 is 10.1 Å². The van der Waals surface area contributed by atoms with Crippen LogP contribution in [0.25, 0.3) is 0 Å². The molecule has 2 aliphatic rings. The number of ether oxygens (including phenoxy) is 1. The monoisotopic (exact) mass is 283 g/mol. The highest BCUT2D eigenvalue weighted by Gasteiger charge is 2.37. The number of rotatable bonds is 3. The highest BCUT2D eigenvalue weighted by atomic mass is 16.5. The van der Waals surface area contributed by atoms with Crippen molar-refractivity contribution < 1.29 is 4.74 Å². The van der Waals surface area contributed by atoms with Crippen molar-refractivity contribution in [2.75, 3.05) is 19.0 Å². The van der Waals surface area contributed by atoms with E-state index in [4.69, 9.17) is 9.84 Å². The molecule has 2 aromatic rings. The number of anilines is 1. The second kappa shape index (κ2) is 4.79. The summed E-state index contributed by atoms with van der Waals surface area (Å²) in [6.45, 7) is 3.29. The lowest BCUT2D eigenvalue weighted by Crippen LogP contribution is -2.24. The fourth-order valence-electron chi connectivity index (χ4n) is 3.31. The summed E-state index contributed by atoms with van der Waals surface area (Å²) in [5.41, 5.74) is 2.52. The van der Waals surface area contributed by atoms with E-state index < -0.39 is 0 Å². The Balaban J connectivity index is 1.70. The standard InChI is InChI=1S/C17H21N3O/c1-11-8-14(11)15-10-17-18-7-6-16(20(17)19-15)12-4-3-5-13(9-12)21-2/h3-5,9-11,14,16,18H,6-8H2,1-2H3. The molecule has 1 N–H and O–H groups in total. The SMILES string of the molecule is COc1cccc(C2CCNc3cc(C4CC4C)nn32)c1. The van der Waals surface area contributed by atoms with E-state index in [1.165, 1.54) is 17.7 Å². The van der Waals surface area contributed by atoms with E-state index in [-0.39, 0.29) is 0 Å². The Bertz CT molecular complexity index is 664. The summed E-state index contributed by atoms with van der Waals surface area (Å²) in [5, 5.41) is 8.37. The van der Waals surface area contributed by atoms with Crippen molar-refractivity contribution in [1.29, 1.82) is 0 Å². The third kappa shape index (κ3) is 2.19. The van der Waals surface area contributed by atoms with E-state index in [0.717, 1.165) is 30.5 Å². The minimum atomic E-state index is 0.305. The summed E-state index contributed by atoms with van der Waals surface area (Å²) in [6, 6.07) is 10.9. The highest BCUT2D eigenvalue weighted by Crippen LogP contribution is 2.47. The molecule has 3 atom stereocenters. The van der Waals surface area contributed by atoms with Crippen LogP contribution in [0.2, 0.25) is 0 Å². The highest BCUT2D eigenvalue weighted by molar-refractivity contribution is 5.44. The maximum Gasteiger partial charge on any atom is 0.125 e. The van der Waals surface area contributed by atoms with E-state index in [0.29, 0.717) is 12.0 Å². The van der Waals surface area contributed by atoms with Gasteiger partial charge in [0.1, 0.15) is 11.6 Å². The molecule has 4 heteroatoms. The smallest absolute Gasteiger partial charge is 0.125 e. The van der Waals surface area contributed by atoms with Crippen LogP contribution in [0.1, 0.15) is 43.0 Å². The molecule has 0 saturated heterocycles. The minimum absolute atomic E-state index is 0.305. The Labute approximate surface area is 125 Å². The molecule has 2 heterocycles. The second-order valence-electron chi connectivity index (χ2n) is 6.23. The van der Waals surface area contributed by atoms with Crippen molar-refractivity contribution in [3.63, 3.8) is 0 Å². The van der Waals surface area contributed by atoms with Crippen LogP contribution in [-0.2, 0) is 0 Å². The molecule has 0 radical (unpaired) electrons. The summed E-state index contributed by atoms with van der Waals surface area (Å²) in [4.78, 5) is 0. The molecule has 1 aliphatic heterocycles. The van der Waals surface area contributed by atoms with Gasteiger partial charge in [0.2, 0.25) is 0 Å². The van der Waals surface area contributed by atoms with E-state index in [1.807, 2.05) is 6.07 Å². The number of hydrogen-bond acceptors (Lipinski definition) is 3. The van der Waals surface area contributed by atoms with Crippen LogP contribution in [0.15, 0.2) is 30.3 Å². The fraction of sp³-hybridized carbons (Fsp3) is 0.471. The van der Waals surface area contributed by atoms with Crippen LogP contribution in [0.4, 0.5) is 5.82 Å².